The summed E-state index contributed by atoms with van der Waals surface area (Å²) in [6.45, 7) is 0.207. The second-order valence-corrected chi connectivity index (χ2v) is 5.04. The standard InChI is InChI=1S/C11H11F4N3S.ClH/c12-10-2-1-9(19-10)6-16-8-5-17-18(7-8)4-3-11(13,14)15;/h1-2,5,7,16H,3-4,6H2;1H. The van der Waals surface area contributed by atoms with Gasteiger partial charge in [-0.15, -0.1) is 23.7 Å². The molecule has 0 spiro atoms. The molecule has 3 nitrogen and oxygen atoms in total. The quantitative estimate of drug-likeness (QED) is 0.838. The molecule has 0 atom stereocenters. The van der Waals surface area contributed by atoms with Crippen molar-refractivity contribution in [3.63, 3.8) is 0 Å². The van der Waals surface area contributed by atoms with Crippen molar-refractivity contribution in [2.75, 3.05) is 5.32 Å². The highest BCUT2D eigenvalue weighted by Crippen LogP contribution is 2.21. The zero-order valence-electron chi connectivity index (χ0n) is 10.2. The number of hydrogen-bond acceptors (Lipinski definition) is 3. The zero-order chi connectivity index (χ0) is 13.9. The van der Waals surface area contributed by atoms with Crippen LogP contribution in [0.25, 0.3) is 0 Å². The lowest BCUT2D eigenvalue weighted by atomic mass is 10.4. The molecule has 0 radical (unpaired) electrons. The molecule has 0 fully saturated rings. The van der Waals surface area contributed by atoms with Gasteiger partial charge in [-0.2, -0.15) is 22.7 Å². The molecule has 9 heteroatoms. The van der Waals surface area contributed by atoms with Gasteiger partial charge in [-0.25, -0.2) is 0 Å². The first kappa shape index (κ1) is 16.8. The molecule has 0 bridgehead atoms. The lowest BCUT2D eigenvalue weighted by Crippen LogP contribution is -2.12. The number of thiophene rings is 1. The molecule has 20 heavy (non-hydrogen) atoms. The lowest BCUT2D eigenvalue weighted by Gasteiger charge is -2.05. The maximum absolute atomic E-state index is 12.7. The first-order chi connectivity index (χ1) is 8.92. The van der Waals surface area contributed by atoms with E-state index in [1.165, 1.54) is 23.1 Å². The van der Waals surface area contributed by atoms with E-state index < -0.39 is 12.6 Å². The number of nitrogens with one attached hydrogen (secondary N) is 1. The van der Waals surface area contributed by atoms with Crippen molar-refractivity contribution >= 4 is 29.4 Å². The van der Waals surface area contributed by atoms with Gasteiger partial charge in [-0.1, -0.05) is 0 Å². The zero-order valence-corrected chi connectivity index (χ0v) is 11.8. The fourth-order valence-corrected chi connectivity index (χ4v) is 2.12. The number of alkyl halides is 3. The van der Waals surface area contributed by atoms with Gasteiger partial charge in [-0.3, -0.25) is 4.68 Å². The summed E-state index contributed by atoms with van der Waals surface area (Å²) in [7, 11) is 0. The third-order valence-electron chi connectivity index (χ3n) is 2.35. The topological polar surface area (TPSA) is 29.9 Å². The summed E-state index contributed by atoms with van der Waals surface area (Å²) in [4.78, 5) is 0.806. The van der Waals surface area contributed by atoms with Crippen LogP contribution in [0, 0.1) is 5.13 Å². The van der Waals surface area contributed by atoms with E-state index in [1.54, 1.807) is 6.07 Å². The normalized spacial score (nSPS) is 11.2. The van der Waals surface area contributed by atoms with Crippen molar-refractivity contribution in [1.29, 1.82) is 0 Å². The summed E-state index contributed by atoms with van der Waals surface area (Å²) in [5.74, 6) is 0. The molecule has 0 aliphatic rings. The van der Waals surface area contributed by atoms with Crippen LogP contribution >= 0.6 is 23.7 Å². The van der Waals surface area contributed by atoms with Crippen LogP contribution in [0.2, 0.25) is 0 Å². The fourth-order valence-electron chi connectivity index (χ4n) is 1.45. The third kappa shape index (κ3) is 5.38. The van der Waals surface area contributed by atoms with Crippen molar-refractivity contribution < 1.29 is 17.6 Å². The van der Waals surface area contributed by atoms with E-state index in [9.17, 15) is 17.6 Å². The van der Waals surface area contributed by atoms with Crippen molar-refractivity contribution in [2.45, 2.75) is 25.7 Å². The maximum Gasteiger partial charge on any atom is 0.390 e. The highest BCUT2D eigenvalue weighted by atomic mass is 35.5. The molecule has 2 heterocycles. The van der Waals surface area contributed by atoms with Gasteiger partial charge in [0, 0.05) is 24.2 Å². The number of halogens is 5. The minimum absolute atomic E-state index is 0. The molecule has 0 saturated heterocycles. The molecular weight excluding hydrogens is 318 g/mol. The van der Waals surface area contributed by atoms with Gasteiger partial charge in [0.25, 0.3) is 0 Å². The van der Waals surface area contributed by atoms with Crippen LogP contribution in [0.1, 0.15) is 11.3 Å². The fraction of sp³-hybridized carbons (Fsp3) is 0.364. The second kappa shape index (κ2) is 6.94. The first-order valence-corrected chi connectivity index (χ1v) is 6.31. The van der Waals surface area contributed by atoms with Gasteiger partial charge >= 0.3 is 6.18 Å². The van der Waals surface area contributed by atoms with E-state index >= 15 is 0 Å². The smallest absolute Gasteiger partial charge is 0.378 e. The SMILES string of the molecule is Cl.Fc1ccc(CNc2cnn(CCC(F)(F)F)c2)s1. The van der Waals surface area contributed by atoms with Crippen LogP contribution in [-0.4, -0.2) is 16.0 Å². The van der Waals surface area contributed by atoms with E-state index in [4.69, 9.17) is 0 Å². The molecule has 0 aromatic carbocycles. The largest absolute Gasteiger partial charge is 0.390 e. The number of nitrogens with zero attached hydrogens (tertiary/aromatic N) is 2. The molecule has 0 aliphatic heterocycles. The van der Waals surface area contributed by atoms with Crippen LogP contribution in [0.4, 0.5) is 23.2 Å². The Hall–Kier alpha value is -1.28. The van der Waals surface area contributed by atoms with Crippen LogP contribution in [0.15, 0.2) is 24.5 Å². The van der Waals surface area contributed by atoms with Gasteiger partial charge in [0.05, 0.1) is 18.3 Å². The van der Waals surface area contributed by atoms with Crippen LogP contribution < -0.4 is 5.32 Å². The van der Waals surface area contributed by atoms with Gasteiger partial charge in [-0.05, 0) is 12.1 Å². The number of aryl methyl sites for hydroxylation is 1. The average molecular weight is 330 g/mol. The Morgan fingerprint density at radius 2 is 2.05 bits per heavy atom. The Kier molecular flexibility index (Phi) is 5.82. The first-order valence-electron chi connectivity index (χ1n) is 5.50. The highest BCUT2D eigenvalue weighted by Gasteiger charge is 2.26. The van der Waals surface area contributed by atoms with Crippen molar-refractivity contribution in [1.82, 2.24) is 9.78 Å². The van der Waals surface area contributed by atoms with E-state index in [0.29, 0.717) is 12.2 Å². The summed E-state index contributed by atoms with van der Waals surface area (Å²) in [5, 5.41) is 6.53. The minimum Gasteiger partial charge on any atom is -0.378 e. The monoisotopic (exact) mass is 329 g/mol. The maximum atomic E-state index is 12.7. The predicted octanol–water partition coefficient (Wildman–Crippen LogP) is 4.07. The Bertz CT molecular complexity index is 538. The van der Waals surface area contributed by atoms with Crippen LogP contribution in [-0.2, 0) is 13.1 Å². The lowest BCUT2D eigenvalue weighted by molar-refractivity contribution is -0.137. The summed E-state index contributed by atoms with van der Waals surface area (Å²) in [6.07, 6.45) is -2.16. The Balaban J connectivity index is 0.00000200. The second-order valence-electron chi connectivity index (χ2n) is 3.92. The average Bonchev–Trinajstić information content (AvgIpc) is 2.92. The Labute approximate surface area is 123 Å². The number of rotatable bonds is 5. The summed E-state index contributed by atoms with van der Waals surface area (Å²) < 4.78 is 50.1. The van der Waals surface area contributed by atoms with E-state index in [0.717, 1.165) is 16.2 Å². The molecule has 2 aromatic rings. The molecule has 0 aliphatic carbocycles. The summed E-state index contributed by atoms with van der Waals surface area (Å²) >= 11 is 1.02. The molecule has 0 amide bonds. The minimum atomic E-state index is -4.19. The molecule has 0 unspecified atom stereocenters. The van der Waals surface area contributed by atoms with Crippen molar-refractivity contribution in [3.05, 3.63) is 34.5 Å². The van der Waals surface area contributed by atoms with E-state index in [1.807, 2.05) is 0 Å². The van der Waals surface area contributed by atoms with E-state index in [-0.39, 0.29) is 24.1 Å². The van der Waals surface area contributed by atoms with Crippen LogP contribution in [0.3, 0.4) is 0 Å². The molecular formula is C11H12ClF4N3S. The molecule has 2 aromatic heterocycles. The van der Waals surface area contributed by atoms with Gasteiger partial charge in [0.1, 0.15) is 0 Å². The van der Waals surface area contributed by atoms with Gasteiger partial charge in [0.2, 0.25) is 0 Å². The van der Waals surface area contributed by atoms with Crippen LogP contribution in [0.5, 0.6) is 0 Å². The van der Waals surface area contributed by atoms with Crippen molar-refractivity contribution in [2.24, 2.45) is 0 Å². The number of aromatic nitrogens is 2. The Morgan fingerprint density at radius 1 is 1.30 bits per heavy atom. The highest BCUT2D eigenvalue weighted by molar-refractivity contribution is 7.10. The summed E-state index contributed by atoms with van der Waals surface area (Å²) in [5.41, 5.74) is 0.607. The molecule has 1 N–H and O–H groups in total. The van der Waals surface area contributed by atoms with Crippen molar-refractivity contribution in [3.8, 4) is 0 Å². The molecule has 2 rings (SSSR count). The van der Waals surface area contributed by atoms with Gasteiger partial charge < -0.3 is 5.32 Å². The van der Waals surface area contributed by atoms with E-state index in [2.05, 4.69) is 10.4 Å². The third-order valence-corrected chi connectivity index (χ3v) is 3.23. The molecule has 112 valence electrons. The Morgan fingerprint density at radius 3 is 2.65 bits per heavy atom. The molecule has 0 saturated carbocycles. The predicted molar refractivity (Wildman–Crippen MR) is 71.8 cm³/mol. The summed E-state index contributed by atoms with van der Waals surface area (Å²) in [6, 6.07) is 3.02. The number of anilines is 1. The van der Waals surface area contributed by atoms with Gasteiger partial charge in [0.15, 0.2) is 5.13 Å². The number of hydrogen-bond donors (Lipinski definition) is 1.